The van der Waals surface area contributed by atoms with E-state index in [9.17, 15) is 14.0 Å². The number of rotatable bonds is 2. The highest BCUT2D eigenvalue weighted by Crippen LogP contribution is 2.23. The molecule has 7 nitrogen and oxygen atoms in total. The van der Waals surface area contributed by atoms with Crippen LogP contribution in [0.4, 0.5) is 4.39 Å². The Morgan fingerprint density at radius 3 is 2.71 bits per heavy atom. The molecule has 138 valence electrons. The number of hydrogen-bond acceptors (Lipinski definition) is 4. The van der Waals surface area contributed by atoms with Crippen molar-refractivity contribution < 1.29 is 9.18 Å². The molecule has 0 bridgehead atoms. The Morgan fingerprint density at radius 1 is 1.11 bits per heavy atom. The summed E-state index contributed by atoms with van der Waals surface area (Å²) in [5.41, 5.74) is 2.49. The second-order valence-corrected chi connectivity index (χ2v) is 6.56. The first-order valence-electron chi connectivity index (χ1n) is 8.70. The number of halogens is 1. The zero-order valence-corrected chi connectivity index (χ0v) is 14.6. The van der Waals surface area contributed by atoms with Gasteiger partial charge in [0.15, 0.2) is 5.65 Å². The normalized spacial score (nSPS) is 13.1. The maximum absolute atomic E-state index is 13.9. The summed E-state index contributed by atoms with van der Waals surface area (Å²) in [6.45, 7) is 0.257. The minimum absolute atomic E-state index is 0.0154. The number of aromatic amines is 1. The molecule has 0 unspecified atom stereocenters. The van der Waals surface area contributed by atoms with Crippen LogP contribution in [-0.4, -0.2) is 30.4 Å². The Morgan fingerprint density at radius 2 is 1.93 bits per heavy atom. The molecule has 1 aliphatic heterocycles. The molecule has 0 saturated heterocycles. The maximum atomic E-state index is 13.9. The Labute approximate surface area is 158 Å². The lowest BCUT2D eigenvalue weighted by molar-refractivity contribution is 0.0745. The molecule has 0 aliphatic carbocycles. The van der Waals surface area contributed by atoms with E-state index in [0.29, 0.717) is 28.3 Å². The average Bonchev–Trinajstić information content (AvgIpc) is 3.34. The van der Waals surface area contributed by atoms with Gasteiger partial charge >= 0.3 is 0 Å². The van der Waals surface area contributed by atoms with Crippen LogP contribution in [0.15, 0.2) is 59.5 Å². The van der Waals surface area contributed by atoms with E-state index in [4.69, 9.17) is 0 Å². The van der Waals surface area contributed by atoms with Crippen LogP contribution >= 0.6 is 0 Å². The van der Waals surface area contributed by atoms with E-state index in [2.05, 4.69) is 15.1 Å². The fourth-order valence-electron chi connectivity index (χ4n) is 3.42. The molecule has 8 heteroatoms. The molecule has 0 spiro atoms. The quantitative estimate of drug-likeness (QED) is 0.583. The molecule has 1 amide bonds. The van der Waals surface area contributed by atoms with Gasteiger partial charge in [-0.25, -0.2) is 13.9 Å². The van der Waals surface area contributed by atoms with E-state index >= 15 is 0 Å². The van der Waals surface area contributed by atoms with Crippen molar-refractivity contribution in [1.82, 2.24) is 24.5 Å². The lowest BCUT2D eigenvalue weighted by Crippen LogP contribution is -2.27. The minimum Gasteiger partial charge on any atom is -0.328 e. The fraction of sp³-hybridized carbons (Fsp3) is 0.100. The topological polar surface area (TPSA) is 83.4 Å². The van der Waals surface area contributed by atoms with Crippen molar-refractivity contribution in [3.63, 3.8) is 0 Å². The van der Waals surface area contributed by atoms with Gasteiger partial charge in [0.2, 0.25) is 0 Å². The van der Waals surface area contributed by atoms with Crippen molar-refractivity contribution in [2.75, 3.05) is 0 Å². The second-order valence-electron chi connectivity index (χ2n) is 6.56. The molecular formula is C20H14FN5O2. The van der Waals surface area contributed by atoms with Gasteiger partial charge in [0.25, 0.3) is 11.5 Å². The van der Waals surface area contributed by atoms with Gasteiger partial charge in [-0.15, -0.1) is 0 Å². The molecule has 5 rings (SSSR count). The van der Waals surface area contributed by atoms with Crippen LogP contribution in [0.25, 0.3) is 17.0 Å². The summed E-state index contributed by atoms with van der Waals surface area (Å²) in [4.78, 5) is 35.8. The van der Waals surface area contributed by atoms with Gasteiger partial charge in [-0.05, 0) is 24.3 Å². The maximum Gasteiger partial charge on any atom is 0.278 e. The molecule has 0 atom stereocenters. The predicted octanol–water partition coefficient (Wildman–Crippen LogP) is 2.38. The second kappa shape index (κ2) is 6.12. The standard InChI is InChI=1S/C20H14FN5O2/c21-14-6-2-1-5-12(14)19(27)25-10-13-17(11-25)23-18-9-16(24-26(18)20(13)28)15-7-3-4-8-22-15/h1-9,24H,10-11H2. The lowest BCUT2D eigenvalue weighted by atomic mass is 10.2. The summed E-state index contributed by atoms with van der Waals surface area (Å²) in [7, 11) is 0. The molecule has 4 heterocycles. The van der Waals surface area contributed by atoms with Crippen molar-refractivity contribution in [1.29, 1.82) is 0 Å². The summed E-state index contributed by atoms with van der Waals surface area (Å²) >= 11 is 0. The van der Waals surface area contributed by atoms with Gasteiger partial charge in [-0.1, -0.05) is 18.2 Å². The summed E-state index contributed by atoms with van der Waals surface area (Å²) in [5.74, 6) is -1.04. The number of nitrogens with zero attached hydrogens (tertiary/aromatic N) is 4. The van der Waals surface area contributed by atoms with Crippen molar-refractivity contribution in [3.8, 4) is 11.4 Å². The highest BCUT2D eigenvalue weighted by molar-refractivity contribution is 5.94. The van der Waals surface area contributed by atoms with Crippen molar-refractivity contribution in [3.05, 3.63) is 87.7 Å². The first-order chi connectivity index (χ1) is 13.6. The number of H-pyrrole nitrogens is 1. The van der Waals surface area contributed by atoms with Gasteiger partial charge < -0.3 is 4.90 Å². The summed E-state index contributed by atoms with van der Waals surface area (Å²) < 4.78 is 15.3. The largest absolute Gasteiger partial charge is 0.328 e. The van der Waals surface area contributed by atoms with Crippen molar-refractivity contribution in [2.24, 2.45) is 0 Å². The monoisotopic (exact) mass is 375 g/mol. The van der Waals surface area contributed by atoms with Crippen molar-refractivity contribution in [2.45, 2.75) is 13.1 Å². The first-order valence-corrected chi connectivity index (χ1v) is 8.70. The van der Waals surface area contributed by atoms with Gasteiger partial charge in [0.05, 0.1) is 41.3 Å². The molecule has 4 aromatic rings. The van der Waals surface area contributed by atoms with E-state index in [1.54, 1.807) is 18.3 Å². The van der Waals surface area contributed by atoms with Crippen LogP contribution in [0.1, 0.15) is 21.6 Å². The SMILES string of the molecule is O=C(c1ccccc1F)N1Cc2nc3cc(-c4ccccn4)[nH]n3c(=O)c2C1. The van der Waals surface area contributed by atoms with Gasteiger partial charge in [0.1, 0.15) is 5.82 Å². The number of aromatic nitrogens is 4. The third-order valence-corrected chi connectivity index (χ3v) is 4.82. The zero-order valence-electron chi connectivity index (χ0n) is 14.6. The number of benzene rings is 1. The molecular weight excluding hydrogens is 361 g/mol. The molecule has 3 aromatic heterocycles. The Kier molecular flexibility index (Phi) is 3.58. The molecule has 1 N–H and O–H groups in total. The smallest absolute Gasteiger partial charge is 0.278 e. The van der Waals surface area contributed by atoms with E-state index in [1.807, 2.05) is 18.2 Å². The third kappa shape index (κ3) is 2.50. The van der Waals surface area contributed by atoms with E-state index < -0.39 is 11.7 Å². The summed E-state index contributed by atoms with van der Waals surface area (Å²) in [6, 6.07) is 13.1. The van der Waals surface area contributed by atoms with Crippen LogP contribution in [0, 0.1) is 5.82 Å². The van der Waals surface area contributed by atoms with E-state index in [0.717, 1.165) is 0 Å². The van der Waals surface area contributed by atoms with Crippen molar-refractivity contribution >= 4 is 11.6 Å². The number of hydrogen-bond donors (Lipinski definition) is 1. The number of carbonyl (C=O) groups is 1. The van der Waals surface area contributed by atoms with Crippen LogP contribution in [0.3, 0.4) is 0 Å². The molecule has 1 aromatic carbocycles. The molecule has 0 saturated carbocycles. The Balaban J connectivity index is 1.52. The minimum atomic E-state index is -0.583. The third-order valence-electron chi connectivity index (χ3n) is 4.82. The molecule has 0 fully saturated rings. The average molecular weight is 375 g/mol. The van der Waals surface area contributed by atoms with E-state index in [-0.39, 0.29) is 24.2 Å². The highest BCUT2D eigenvalue weighted by atomic mass is 19.1. The molecule has 0 radical (unpaired) electrons. The summed E-state index contributed by atoms with van der Waals surface area (Å²) in [6.07, 6.45) is 1.67. The number of nitrogens with one attached hydrogen (secondary N) is 1. The fourth-order valence-corrected chi connectivity index (χ4v) is 3.42. The van der Waals surface area contributed by atoms with Gasteiger partial charge in [-0.2, -0.15) is 0 Å². The number of carbonyl (C=O) groups excluding carboxylic acids is 1. The first kappa shape index (κ1) is 16.4. The van der Waals surface area contributed by atoms with Gasteiger partial charge in [0, 0.05) is 12.3 Å². The number of amides is 1. The van der Waals surface area contributed by atoms with Crippen LogP contribution in [0.2, 0.25) is 0 Å². The van der Waals surface area contributed by atoms with Gasteiger partial charge in [-0.3, -0.25) is 19.7 Å². The van der Waals surface area contributed by atoms with Crippen LogP contribution in [-0.2, 0) is 13.1 Å². The van der Waals surface area contributed by atoms with Crippen LogP contribution < -0.4 is 5.56 Å². The lowest BCUT2D eigenvalue weighted by Gasteiger charge is -2.15. The highest BCUT2D eigenvalue weighted by Gasteiger charge is 2.30. The molecule has 1 aliphatic rings. The zero-order chi connectivity index (χ0) is 19.3. The Hall–Kier alpha value is -3.81. The molecule has 28 heavy (non-hydrogen) atoms. The number of pyridine rings is 1. The van der Waals surface area contributed by atoms with E-state index in [1.165, 1.54) is 27.6 Å². The predicted molar refractivity (Wildman–Crippen MR) is 99.0 cm³/mol. The number of fused-ring (bicyclic) bond motifs is 2. The summed E-state index contributed by atoms with van der Waals surface area (Å²) in [5, 5.41) is 3.01. The Bertz CT molecular complexity index is 1280. The van der Waals surface area contributed by atoms with Crippen LogP contribution in [0.5, 0.6) is 0 Å².